The van der Waals surface area contributed by atoms with Gasteiger partial charge in [0.15, 0.2) is 0 Å². The maximum atomic E-state index is 11.7. The average molecular weight is 305 g/mol. The third-order valence-corrected chi connectivity index (χ3v) is 3.01. The molecule has 1 aromatic carbocycles. The van der Waals surface area contributed by atoms with Gasteiger partial charge in [-0.3, -0.25) is 0 Å². The smallest absolute Gasteiger partial charge is 0.408 e. The Morgan fingerprint density at radius 2 is 2.05 bits per heavy atom. The van der Waals surface area contributed by atoms with Crippen LogP contribution in [0.25, 0.3) is 11.0 Å². The molecule has 2 N–H and O–H groups in total. The number of carbonyl (C=O) groups excluding carboxylic acids is 1. The zero-order valence-electron chi connectivity index (χ0n) is 13.0. The largest absolute Gasteiger partial charge is 0.478 e. The first-order valence-corrected chi connectivity index (χ1v) is 6.83. The first-order chi connectivity index (χ1) is 10.2. The van der Waals surface area contributed by atoms with Crippen molar-refractivity contribution in [1.29, 1.82) is 0 Å². The fraction of sp³-hybridized carbons (Fsp3) is 0.400. The molecule has 7 nitrogen and oxygen atoms in total. The third kappa shape index (κ3) is 3.55. The molecule has 2 aromatic rings. The summed E-state index contributed by atoms with van der Waals surface area (Å²) in [4.78, 5) is 27.0. The molecule has 0 radical (unpaired) electrons. The van der Waals surface area contributed by atoms with Crippen molar-refractivity contribution < 1.29 is 19.4 Å². The molecule has 0 bridgehead atoms. The Balaban J connectivity index is 2.17. The predicted octanol–water partition coefficient (Wildman–Crippen LogP) is 2.30. The van der Waals surface area contributed by atoms with E-state index in [0.29, 0.717) is 11.3 Å². The molecule has 1 heterocycles. The Hall–Kier alpha value is -2.57. The topological polar surface area (TPSA) is 93.5 Å². The van der Waals surface area contributed by atoms with Crippen molar-refractivity contribution in [3.8, 4) is 0 Å². The lowest BCUT2D eigenvalue weighted by Gasteiger charge is -2.19. The van der Waals surface area contributed by atoms with Crippen LogP contribution in [0.1, 0.15) is 37.0 Å². The van der Waals surface area contributed by atoms with Gasteiger partial charge in [0.2, 0.25) is 0 Å². The van der Waals surface area contributed by atoms with Crippen LogP contribution in [0.5, 0.6) is 0 Å². The first-order valence-electron chi connectivity index (χ1n) is 6.83. The number of nitrogens with one attached hydrogen (secondary N) is 1. The van der Waals surface area contributed by atoms with Crippen LogP contribution in [0.2, 0.25) is 0 Å². The van der Waals surface area contributed by atoms with Crippen LogP contribution in [0.15, 0.2) is 18.2 Å². The summed E-state index contributed by atoms with van der Waals surface area (Å²) in [6, 6.07) is 4.73. The van der Waals surface area contributed by atoms with Gasteiger partial charge in [-0.2, -0.15) is 0 Å². The molecule has 1 amide bonds. The molecule has 7 heteroatoms. The highest BCUT2D eigenvalue weighted by Crippen LogP contribution is 2.17. The van der Waals surface area contributed by atoms with Crippen molar-refractivity contribution in [2.75, 3.05) is 0 Å². The number of fused-ring (bicyclic) bond motifs is 1. The van der Waals surface area contributed by atoms with Crippen molar-refractivity contribution in [1.82, 2.24) is 14.9 Å². The Kier molecular flexibility index (Phi) is 4.07. The number of hydrogen-bond acceptors (Lipinski definition) is 4. The second-order valence-electron chi connectivity index (χ2n) is 5.95. The number of carboxylic acids is 1. The number of alkyl carbamates (subject to hydrolysis) is 1. The number of aromatic carboxylic acids is 1. The van der Waals surface area contributed by atoms with Gasteiger partial charge in [0.1, 0.15) is 11.4 Å². The van der Waals surface area contributed by atoms with Gasteiger partial charge in [-0.1, -0.05) is 0 Å². The summed E-state index contributed by atoms with van der Waals surface area (Å²) in [5, 5.41) is 11.6. The summed E-state index contributed by atoms with van der Waals surface area (Å²) in [5.41, 5.74) is 0.985. The van der Waals surface area contributed by atoms with E-state index in [4.69, 9.17) is 9.84 Å². The Bertz CT molecular complexity index is 728. The molecular weight excluding hydrogens is 286 g/mol. The number of aryl methyl sites for hydroxylation is 1. The van der Waals surface area contributed by atoms with Gasteiger partial charge in [0, 0.05) is 7.05 Å². The minimum atomic E-state index is -0.999. The van der Waals surface area contributed by atoms with Crippen LogP contribution in [0.4, 0.5) is 4.79 Å². The fourth-order valence-electron chi connectivity index (χ4n) is 2.01. The molecule has 0 fully saturated rings. The molecule has 0 aliphatic heterocycles. The molecular formula is C15H19N3O4. The van der Waals surface area contributed by atoms with E-state index in [-0.39, 0.29) is 12.1 Å². The van der Waals surface area contributed by atoms with E-state index in [1.54, 1.807) is 31.4 Å². The standard InChI is InChI=1S/C15H19N3O4/c1-15(2,3)22-14(21)16-8-12-17-10-7-9(13(19)20)5-6-11(10)18(12)4/h5-7H,8H2,1-4H3,(H,16,21)(H,19,20). The predicted molar refractivity (Wildman–Crippen MR) is 80.7 cm³/mol. The van der Waals surface area contributed by atoms with Crippen LogP contribution in [-0.4, -0.2) is 32.3 Å². The van der Waals surface area contributed by atoms with Gasteiger partial charge >= 0.3 is 12.1 Å². The van der Waals surface area contributed by atoms with Gasteiger partial charge in [0.05, 0.1) is 23.1 Å². The molecule has 0 saturated heterocycles. The van der Waals surface area contributed by atoms with Gasteiger partial charge in [-0.25, -0.2) is 14.6 Å². The van der Waals surface area contributed by atoms with Crippen LogP contribution < -0.4 is 5.32 Å². The van der Waals surface area contributed by atoms with E-state index in [1.807, 2.05) is 7.05 Å². The Labute approximate surface area is 127 Å². The highest BCUT2D eigenvalue weighted by Gasteiger charge is 2.17. The normalized spacial score (nSPS) is 11.5. The van der Waals surface area contributed by atoms with Crippen molar-refractivity contribution in [2.45, 2.75) is 32.9 Å². The molecule has 0 saturated carbocycles. The zero-order chi connectivity index (χ0) is 16.5. The second kappa shape index (κ2) is 5.67. The number of imidazole rings is 1. The van der Waals surface area contributed by atoms with Gasteiger partial charge in [0.25, 0.3) is 0 Å². The van der Waals surface area contributed by atoms with Crippen molar-refractivity contribution in [3.63, 3.8) is 0 Å². The van der Waals surface area contributed by atoms with Crippen LogP contribution in [0.3, 0.4) is 0 Å². The molecule has 1 aromatic heterocycles. The Morgan fingerprint density at radius 3 is 2.64 bits per heavy atom. The van der Waals surface area contributed by atoms with E-state index in [9.17, 15) is 9.59 Å². The number of benzene rings is 1. The maximum Gasteiger partial charge on any atom is 0.408 e. The summed E-state index contributed by atoms with van der Waals surface area (Å²) >= 11 is 0. The second-order valence-corrected chi connectivity index (χ2v) is 5.95. The molecule has 0 spiro atoms. The molecule has 0 aliphatic carbocycles. The lowest BCUT2D eigenvalue weighted by atomic mass is 10.2. The summed E-state index contributed by atoms with van der Waals surface area (Å²) in [7, 11) is 1.81. The zero-order valence-corrected chi connectivity index (χ0v) is 13.0. The molecule has 118 valence electrons. The number of aromatic nitrogens is 2. The van der Waals surface area contributed by atoms with Gasteiger partial charge in [-0.15, -0.1) is 0 Å². The van der Waals surface area contributed by atoms with Crippen LogP contribution in [-0.2, 0) is 18.3 Å². The molecule has 0 unspecified atom stereocenters. The molecule has 0 atom stereocenters. The highest BCUT2D eigenvalue weighted by molar-refractivity contribution is 5.92. The minimum Gasteiger partial charge on any atom is -0.478 e. The minimum absolute atomic E-state index is 0.178. The number of hydrogen-bond donors (Lipinski definition) is 2. The number of carboxylic acid groups (broad SMARTS) is 1. The molecule has 22 heavy (non-hydrogen) atoms. The summed E-state index contributed by atoms with van der Waals surface area (Å²) < 4.78 is 6.96. The number of nitrogens with zero attached hydrogens (tertiary/aromatic N) is 2. The highest BCUT2D eigenvalue weighted by atomic mass is 16.6. The number of amides is 1. The van der Waals surface area contributed by atoms with Crippen molar-refractivity contribution in [2.24, 2.45) is 7.05 Å². The SMILES string of the molecule is Cn1c(CNC(=O)OC(C)(C)C)nc2cc(C(=O)O)ccc21. The van der Waals surface area contributed by atoms with E-state index in [2.05, 4.69) is 10.3 Å². The van der Waals surface area contributed by atoms with Crippen molar-refractivity contribution in [3.05, 3.63) is 29.6 Å². The summed E-state index contributed by atoms with van der Waals surface area (Å²) in [5.74, 6) is -0.385. The van der Waals surface area contributed by atoms with Crippen LogP contribution in [0, 0.1) is 0 Å². The molecule has 0 aliphatic rings. The van der Waals surface area contributed by atoms with Crippen LogP contribution >= 0.6 is 0 Å². The van der Waals surface area contributed by atoms with E-state index in [0.717, 1.165) is 5.52 Å². The van der Waals surface area contributed by atoms with E-state index < -0.39 is 17.7 Å². The van der Waals surface area contributed by atoms with Crippen molar-refractivity contribution >= 4 is 23.1 Å². The summed E-state index contributed by atoms with van der Waals surface area (Å²) in [6.07, 6.45) is -0.522. The first kappa shape index (κ1) is 15.8. The lowest BCUT2D eigenvalue weighted by Crippen LogP contribution is -2.32. The Morgan fingerprint density at radius 1 is 1.36 bits per heavy atom. The van der Waals surface area contributed by atoms with E-state index in [1.165, 1.54) is 12.1 Å². The average Bonchev–Trinajstić information content (AvgIpc) is 2.70. The van der Waals surface area contributed by atoms with Gasteiger partial charge in [-0.05, 0) is 39.0 Å². The third-order valence-electron chi connectivity index (χ3n) is 3.01. The van der Waals surface area contributed by atoms with Gasteiger partial charge < -0.3 is 19.7 Å². The monoisotopic (exact) mass is 305 g/mol. The number of rotatable bonds is 3. The molecule has 2 rings (SSSR count). The number of ether oxygens (including phenoxy) is 1. The fourth-order valence-corrected chi connectivity index (χ4v) is 2.01. The summed E-state index contributed by atoms with van der Waals surface area (Å²) in [6.45, 7) is 5.56. The van der Waals surface area contributed by atoms with E-state index >= 15 is 0 Å². The number of carbonyl (C=O) groups is 2. The quantitative estimate of drug-likeness (QED) is 0.907. The lowest BCUT2D eigenvalue weighted by molar-refractivity contribution is 0.0521. The maximum absolute atomic E-state index is 11.7.